The summed E-state index contributed by atoms with van der Waals surface area (Å²) in [5.41, 5.74) is 4.99. The van der Waals surface area contributed by atoms with Gasteiger partial charge in [-0.3, -0.25) is 4.79 Å². The first-order valence-corrected chi connectivity index (χ1v) is 4.72. The van der Waals surface area contributed by atoms with E-state index in [4.69, 9.17) is 17.3 Å². The van der Waals surface area contributed by atoms with Gasteiger partial charge in [0.1, 0.15) is 0 Å². The smallest absolute Gasteiger partial charge is 0.219 e. The molecule has 6 heteroatoms. The Morgan fingerprint density at radius 3 is 3.00 bits per heavy atom. The van der Waals surface area contributed by atoms with Crippen LogP contribution < -0.4 is 11.1 Å². The number of hydrogen-bond donors (Lipinski definition) is 2. The van der Waals surface area contributed by atoms with Crippen molar-refractivity contribution in [1.82, 2.24) is 4.98 Å². The fourth-order valence-corrected chi connectivity index (χ4v) is 1.25. The second kappa shape index (κ2) is 4.93. The molecule has 0 saturated carbocycles. The number of amides is 1. The predicted octanol–water partition coefficient (Wildman–Crippen LogP) is 1.55. The number of nitrogens with two attached hydrogens (primary N) is 1. The second-order valence-corrected chi connectivity index (χ2v) is 3.64. The van der Waals surface area contributed by atoms with E-state index in [1.807, 2.05) is 0 Å². The number of nitrogens with zero attached hydrogens (tertiary/aromatic N) is 1. The van der Waals surface area contributed by atoms with Gasteiger partial charge in [0.25, 0.3) is 0 Å². The van der Waals surface area contributed by atoms with Crippen LogP contribution in [0.3, 0.4) is 0 Å². The number of hydrogen-bond acceptors (Lipinski definition) is 3. The van der Waals surface area contributed by atoms with Crippen LogP contribution in [0.25, 0.3) is 0 Å². The monoisotopic (exact) mass is 231 g/mol. The van der Waals surface area contributed by atoms with Crippen molar-refractivity contribution < 1.29 is 9.18 Å². The van der Waals surface area contributed by atoms with Crippen LogP contribution in [-0.4, -0.2) is 16.9 Å². The number of pyridine rings is 1. The van der Waals surface area contributed by atoms with E-state index in [0.717, 1.165) is 6.07 Å². The maximum Gasteiger partial charge on any atom is 0.219 e. The zero-order valence-electron chi connectivity index (χ0n) is 8.13. The fraction of sp³-hybridized carbons (Fsp3) is 0.333. The fourth-order valence-electron chi connectivity index (χ4n) is 1.11. The molecule has 0 spiro atoms. The van der Waals surface area contributed by atoms with Gasteiger partial charge in [0, 0.05) is 18.7 Å². The molecule has 0 aliphatic rings. The molecule has 1 unspecified atom stereocenters. The van der Waals surface area contributed by atoms with Crippen molar-refractivity contribution in [3.63, 3.8) is 0 Å². The van der Waals surface area contributed by atoms with Gasteiger partial charge in [-0.05, 0) is 13.0 Å². The Morgan fingerprint density at radius 1 is 1.80 bits per heavy atom. The number of nitrogens with one attached hydrogen (secondary N) is 1. The lowest BCUT2D eigenvalue weighted by Crippen LogP contribution is -2.24. The molecule has 0 bridgehead atoms. The van der Waals surface area contributed by atoms with Crippen LogP contribution in [0.2, 0.25) is 5.02 Å². The minimum atomic E-state index is -0.557. The van der Waals surface area contributed by atoms with Crippen molar-refractivity contribution in [3.8, 4) is 0 Å². The van der Waals surface area contributed by atoms with Gasteiger partial charge in [0.05, 0.1) is 5.02 Å². The summed E-state index contributed by atoms with van der Waals surface area (Å²) in [7, 11) is 0. The predicted molar refractivity (Wildman–Crippen MR) is 56.1 cm³/mol. The van der Waals surface area contributed by atoms with E-state index in [9.17, 15) is 9.18 Å². The van der Waals surface area contributed by atoms with Gasteiger partial charge in [-0.1, -0.05) is 11.6 Å². The summed E-state index contributed by atoms with van der Waals surface area (Å²) < 4.78 is 13.2. The molecule has 1 rings (SSSR count). The summed E-state index contributed by atoms with van der Waals surface area (Å²) in [6, 6.07) is 0.874. The highest BCUT2D eigenvalue weighted by molar-refractivity contribution is 6.30. The molecule has 3 N–H and O–H groups in total. The van der Waals surface area contributed by atoms with Gasteiger partial charge in [-0.15, -0.1) is 0 Å². The number of primary amides is 1. The molecule has 0 aliphatic heterocycles. The Kier molecular flexibility index (Phi) is 3.85. The van der Waals surface area contributed by atoms with E-state index in [0.29, 0.717) is 0 Å². The van der Waals surface area contributed by atoms with Crippen LogP contribution in [0, 0.1) is 5.82 Å². The van der Waals surface area contributed by atoms with Crippen molar-refractivity contribution in [2.75, 3.05) is 5.32 Å². The van der Waals surface area contributed by atoms with Crippen LogP contribution in [0.4, 0.5) is 10.2 Å². The lowest BCUT2D eigenvalue weighted by atomic mass is 10.2. The third-order valence-corrected chi connectivity index (χ3v) is 1.91. The SMILES string of the molecule is CC(CC(N)=O)Nc1ncc(Cl)cc1F. The van der Waals surface area contributed by atoms with Crippen LogP contribution in [-0.2, 0) is 4.79 Å². The Labute approximate surface area is 91.6 Å². The number of halogens is 2. The van der Waals surface area contributed by atoms with E-state index < -0.39 is 11.7 Å². The first kappa shape index (κ1) is 11.7. The molecule has 0 aromatic carbocycles. The minimum Gasteiger partial charge on any atom is -0.370 e. The lowest BCUT2D eigenvalue weighted by Gasteiger charge is -2.12. The number of rotatable bonds is 4. The van der Waals surface area contributed by atoms with E-state index in [1.165, 1.54) is 6.20 Å². The summed E-state index contributed by atoms with van der Waals surface area (Å²) in [4.78, 5) is 14.3. The molecule has 82 valence electrons. The summed E-state index contributed by atoms with van der Waals surface area (Å²) in [6.07, 6.45) is 1.44. The molecule has 0 aliphatic carbocycles. The molecular weight excluding hydrogens is 221 g/mol. The highest BCUT2D eigenvalue weighted by Gasteiger charge is 2.10. The Hall–Kier alpha value is -1.36. The van der Waals surface area contributed by atoms with Crippen molar-refractivity contribution in [1.29, 1.82) is 0 Å². The molecule has 15 heavy (non-hydrogen) atoms. The summed E-state index contributed by atoms with van der Waals surface area (Å²) >= 11 is 5.53. The highest BCUT2D eigenvalue weighted by atomic mass is 35.5. The van der Waals surface area contributed by atoms with Crippen molar-refractivity contribution >= 4 is 23.3 Å². The van der Waals surface area contributed by atoms with Gasteiger partial charge in [0.2, 0.25) is 5.91 Å². The molecule has 1 heterocycles. The van der Waals surface area contributed by atoms with E-state index in [2.05, 4.69) is 10.3 Å². The van der Waals surface area contributed by atoms with Crippen LogP contribution in [0.15, 0.2) is 12.3 Å². The standard InChI is InChI=1S/C9H11ClFN3O/c1-5(2-8(12)15)14-9-7(11)3-6(10)4-13-9/h3-5H,2H2,1H3,(H2,12,15)(H,13,14). The number of aromatic nitrogens is 1. The van der Waals surface area contributed by atoms with Gasteiger partial charge in [0.15, 0.2) is 11.6 Å². The average Bonchev–Trinajstić information content (AvgIpc) is 2.08. The zero-order valence-corrected chi connectivity index (χ0v) is 8.88. The normalized spacial score (nSPS) is 12.2. The molecule has 4 nitrogen and oxygen atoms in total. The largest absolute Gasteiger partial charge is 0.370 e. The molecule has 1 aromatic heterocycles. The van der Waals surface area contributed by atoms with E-state index >= 15 is 0 Å². The lowest BCUT2D eigenvalue weighted by molar-refractivity contribution is -0.118. The van der Waals surface area contributed by atoms with Crippen LogP contribution in [0.1, 0.15) is 13.3 Å². The maximum absolute atomic E-state index is 13.2. The van der Waals surface area contributed by atoms with Gasteiger partial charge >= 0.3 is 0 Å². The Morgan fingerprint density at radius 2 is 2.47 bits per heavy atom. The topological polar surface area (TPSA) is 68.0 Å². The Bertz CT molecular complexity index is 372. The molecule has 0 fully saturated rings. The first-order chi connectivity index (χ1) is 6.99. The molecule has 0 radical (unpaired) electrons. The van der Waals surface area contributed by atoms with Crippen molar-refractivity contribution in [2.24, 2.45) is 5.73 Å². The quantitative estimate of drug-likeness (QED) is 0.826. The third kappa shape index (κ3) is 3.71. The minimum absolute atomic E-state index is 0.0631. The Balaban J connectivity index is 2.68. The van der Waals surface area contributed by atoms with Crippen molar-refractivity contribution in [3.05, 3.63) is 23.1 Å². The first-order valence-electron chi connectivity index (χ1n) is 4.35. The number of anilines is 1. The van der Waals surface area contributed by atoms with Gasteiger partial charge < -0.3 is 11.1 Å². The zero-order chi connectivity index (χ0) is 11.4. The number of carbonyl (C=O) groups excluding carboxylic acids is 1. The van der Waals surface area contributed by atoms with E-state index in [-0.39, 0.29) is 23.3 Å². The second-order valence-electron chi connectivity index (χ2n) is 3.20. The van der Waals surface area contributed by atoms with E-state index in [1.54, 1.807) is 6.92 Å². The average molecular weight is 232 g/mol. The van der Waals surface area contributed by atoms with Crippen LogP contribution in [0.5, 0.6) is 0 Å². The molecule has 1 amide bonds. The van der Waals surface area contributed by atoms with Crippen LogP contribution >= 0.6 is 11.6 Å². The summed E-state index contributed by atoms with van der Waals surface area (Å²) in [6.45, 7) is 1.71. The number of carbonyl (C=O) groups is 1. The molecule has 0 saturated heterocycles. The molecular formula is C9H11ClFN3O. The van der Waals surface area contributed by atoms with Crippen molar-refractivity contribution in [2.45, 2.75) is 19.4 Å². The van der Waals surface area contributed by atoms with Gasteiger partial charge in [-0.25, -0.2) is 9.37 Å². The summed E-state index contributed by atoms with van der Waals surface area (Å²) in [5, 5.41) is 2.95. The van der Waals surface area contributed by atoms with Gasteiger partial charge in [-0.2, -0.15) is 0 Å². The summed E-state index contributed by atoms with van der Waals surface area (Å²) in [5.74, 6) is -0.948. The third-order valence-electron chi connectivity index (χ3n) is 1.70. The maximum atomic E-state index is 13.2. The molecule has 1 aromatic rings. The molecule has 1 atom stereocenters. The highest BCUT2D eigenvalue weighted by Crippen LogP contribution is 2.16.